The number of carbonyl (C=O) groups excluding carboxylic acids is 1. The van der Waals surface area contributed by atoms with Crippen LogP contribution in [0, 0.1) is 10.1 Å². The first kappa shape index (κ1) is 12.8. The molecule has 0 aliphatic heterocycles. The van der Waals surface area contributed by atoms with Gasteiger partial charge < -0.3 is 5.32 Å². The van der Waals surface area contributed by atoms with Crippen molar-refractivity contribution in [3.8, 4) is 0 Å². The van der Waals surface area contributed by atoms with E-state index in [-0.39, 0.29) is 22.2 Å². The van der Waals surface area contributed by atoms with Gasteiger partial charge in [0.1, 0.15) is 12.0 Å². The van der Waals surface area contributed by atoms with Crippen LogP contribution in [0.1, 0.15) is 10.4 Å². The lowest BCUT2D eigenvalue weighted by Crippen LogP contribution is -2.15. The van der Waals surface area contributed by atoms with Crippen LogP contribution < -0.4 is 10.6 Å². The smallest absolute Gasteiger partial charge is 0.288 e. The monoisotopic (exact) mass is 281 g/mol. The first-order valence-electron chi connectivity index (χ1n) is 4.90. The minimum atomic E-state index is -0.629. The van der Waals surface area contributed by atoms with Gasteiger partial charge >= 0.3 is 0 Å². The van der Waals surface area contributed by atoms with E-state index in [4.69, 9.17) is 0 Å². The molecule has 0 saturated heterocycles. The van der Waals surface area contributed by atoms with Crippen molar-refractivity contribution in [1.29, 1.82) is 0 Å². The number of aromatic nitrogens is 4. The molecule has 2 rings (SSSR count). The summed E-state index contributed by atoms with van der Waals surface area (Å²) < 4.78 is 3.48. The summed E-state index contributed by atoms with van der Waals surface area (Å²) in [5, 5.41) is 22.8. The van der Waals surface area contributed by atoms with Crippen molar-refractivity contribution in [2.24, 2.45) is 0 Å². The molecule has 0 aliphatic rings. The molecule has 0 aromatic carbocycles. The van der Waals surface area contributed by atoms with E-state index in [9.17, 15) is 14.9 Å². The van der Waals surface area contributed by atoms with Gasteiger partial charge in [0.05, 0.1) is 10.5 Å². The van der Waals surface area contributed by atoms with Crippen LogP contribution in [0.25, 0.3) is 0 Å². The molecule has 0 aliphatic carbocycles. The largest absolute Gasteiger partial charge is 0.372 e. The number of hydrogen-bond acceptors (Lipinski definition) is 9. The molecule has 10 nitrogen and oxygen atoms in total. The van der Waals surface area contributed by atoms with E-state index in [1.54, 1.807) is 7.05 Å². The molecule has 0 saturated carbocycles. The zero-order valence-electron chi connectivity index (χ0n) is 9.52. The quantitative estimate of drug-likeness (QED) is 0.611. The molecule has 2 aromatic rings. The Morgan fingerprint density at radius 2 is 2.32 bits per heavy atom. The highest BCUT2D eigenvalue weighted by Gasteiger charge is 2.18. The van der Waals surface area contributed by atoms with Gasteiger partial charge in [-0.05, 0) is 5.21 Å². The second-order valence-corrected chi connectivity index (χ2v) is 3.95. The van der Waals surface area contributed by atoms with Gasteiger partial charge in [0.15, 0.2) is 0 Å². The molecule has 0 fully saturated rings. The highest BCUT2D eigenvalue weighted by atomic mass is 32.1. The fraction of sp³-hybridized carbons (Fsp3) is 0.125. The van der Waals surface area contributed by atoms with Crippen LogP contribution in [-0.4, -0.2) is 37.7 Å². The maximum atomic E-state index is 12.0. The molecule has 1 amide bonds. The topological polar surface area (TPSA) is 136 Å². The van der Waals surface area contributed by atoms with Gasteiger partial charge in [-0.3, -0.25) is 20.2 Å². The minimum Gasteiger partial charge on any atom is -0.372 e. The molecule has 98 valence electrons. The summed E-state index contributed by atoms with van der Waals surface area (Å²) in [5.74, 6) is -0.361. The molecule has 2 aromatic heterocycles. The fourth-order valence-corrected chi connectivity index (χ4v) is 1.63. The van der Waals surface area contributed by atoms with Crippen molar-refractivity contribution < 1.29 is 9.72 Å². The standard InChI is InChI=1S/C8H7N7O3S/c1-9-6-5(2-4(3-10-6)15(17)18)7(16)11-8-12-13-14-19-8/h2-3H,1H3,(H,9,10)(H,11,12,14,16). The van der Waals surface area contributed by atoms with E-state index in [0.717, 1.165) is 23.8 Å². The first-order chi connectivity index (χ1) is 9.11. The second-order valence-electron chi connectivity index (χ2n) is 3.22. The van der Waals surface area contributed by atoms with E-state index >= 15 is 0 Å². The highest BCUT2D eigenvalue weighted by molar-refractivity contribution is 7.09. The fourth-order valence-electron chi connectivity index (χ4n) is 1.27. The SMILES string of the molecule is CNc1ncc([N+](=O)[O-])cc1C(=O)Nc1nnns1. The Kier molecular flexibility index (Phi) is 3.56. The molecule has 2 N–H and O–H groups in total. The summed E-state index contributed by atoms with van der Waals surface area (Å²) in [6.07, 6.45) is 1.06. The third-order valence-electron chi connectivity index (χ3n) is 2.09. The van der Waals surface area contributed by atoms with E-state index in [1.807, 2.05) is 0 Å². The van der Waals surface area contributed by atoms with Crippen LogP contribution in [0.5, 0.6) is 0 Å². The van der Waals surface area contributed by atoms with Gasteiger partial charge in [-0.25, -0.2) is 4.98 Å². The van der Waals surface area contributed by atoms with Crippen LogP contribution in [-0.2, 0) is 0 Å². The number of anilines is 2. The summed E-state index contributed by atoms with van der Waals surface area (Å²) in [6.45, 7) is 0. The lowest BCUT2D eigenvalue weighted by molar-refractivity contribution is -0.385. The van der Waals surface area contributed by atoms with Crippen molar-refractivity contribution in [2.75, 3.05) is 17.7 Å². The predicted molar refractivity (Wildman–Crippen MR) is 66.1 cm³/mol. The molecule has 0 spiro atoms. The van der Waals surface area contributed by atoms with Crippen LogP contribution in [0.2, 0.25) is 0 Å². The molecule has 0 bridgehead atoms. The average molecular weight is 281 g/mol. The Bertz CT molecular complexity index is 615. The van der Waals surface area contributed by atoms with Gasteiger partial charge in [-0.2, -0.15) is 0 Å². The third kappa shape index (κ3) is 2.77. The summed E-state index contributed by atoms with van der Waals surface area (Å²) in [5.41, 5.74) is -0.244. The zero-order valence-corrected chi connectivity index (χ0v) is 10.3. The molecule has 2 heterocycles. The molecule has 0 radical (unpaired) electrons. The van der Waals surface area contributed by atoms with Gasteiger partial charge in [0.2, 0.25) is 5.13 Å². The Morgan fingerprint density at radius 1 is 1.53 bits per heavy atom. The number of nitrogens with zero attached hydrogens (tertiary/aromatic N) is 5. The van der Waals surface area contributed by atoms with Gasteiger partial charge in [0.25, 0.3) is 11.6 Å². The normalized spacial score (nSPS) is 9.95. The predicted octanol–water partition coefficient (Wildman–Crippen LogP) is 0.530. The van der Waals surface area contributed by atoms with Crippen molar-refractivity contribution in [2.45, 2.75) is 0 Å². The molecule has 0 atom stereocenters. The summed E-state index contributed by atoms with van der Waals surface area (Å²) in [6, 6.07) is 1.13. The van der Waals surface area contributed by atoms with Crippen LogP contribution in [0.3, 0.4) is 0 Å². The second kappa shape index (κ2) is 5.30. The third-order valence-corrected chi connectivity index (χ3v) is 2.60. The number of rotatable bonds is 4. The minimum absolute atomic E-state index is 0.0342. The number of nitro groups is 1. The van der Waals surface area contributed by atoms with Crippen LogP contribution in [0.15, 0.2) is 12.3 Å². The summed E-state index contributed by atoms with van der Waals surface area (Å²) in [4.78, 5) is 25.8. The summed E-state index contributed by atoms with van der Waals surface area (Å²) >= 11 is 0.891. The van der Waals surface area contributed by atoms with Crippen molar-refractivity contribution >= 4 is 34.1 Å². The van der Waals surface area contributed by atoms with Crippen molar-refractivity contribution in [3.05, 3.63) is 27.9 Å². The first-order valence-corrected chi connectivity index (χ1v) is 5.67. The molecular formula is C8H7N7O3S. The maximum Gasteiger partial charge on any atom is 0.288 e. The molecular weight excluding hydrogens is 274 g/mol. The van der Waals surface area contributed by atoms with E-state index in [2.05, 4.69) is 30.4 Å². The number of nitrogens with one attached hydrogen (secondary N) is 2. The number of amides is 1. The Hall–Kier alpha value is -2.69. The number of pyridine rings is 1. The van der Waals surface area contributed by atoms with Crippen LogP contribution >= 0.6 is 11.5 Å². The maximum absolute atomic E-state index is 12.0. The molecule has 19 heavy (non-hydrogen) atoms. The molecule has 0 unspecified atom stereocenters. The van der Waals surface area contributed by atoms with E-state index in [1.165, 1.54) is 0 Å². The summed E-state index contributed by atoms with van der Waals surface area (Å²) in [7, 11) is 1.55. The van der Waals surface area contributed by atoms with Gasteiger partial charge in [-0.1, -0.05) is 9.59 Å². The van der Waals surface area contributed by atoms with Crippen molar-refractivity contribution in [1.82, 2.24) is 19.8 Å². The molecule has 11 heteroatoms. The van der Waals surface area contributed by atoms with E-state index in [0.29, 0.717) is 0 Å². The van der Waals surface area contributed by atoms with Crippen LogP contribution in [0.4, 0.5) is 16.6 Å². The average Bonchev–Trinajstić information content (AvgIpc) is 2.90. The van der Waals surface area contributed by atoms with Gasteiger partial charge in [0, 0.05) is 24.6 Å². The lowest BCUT2D eigenvalue weighted by Gasteiger charge is -2.06. The van der Waals surface area contributed by atoms with E-state index < -0.39 is 10.8 Å². The Labute approximate surface area is 110 Å². The Balaban J connectivity index is 2.33. The van der Waals surface area contributed by atoms with Crippen molar-refractivity contribution in [3.63, 3.8) is 0 Å². The Morgan fingerprint density at radius 3 is 2.89 bits per heavy atom. The lowest BCUT2D eigenvalue weighted by atomic mass is 10.2. The van der Waals surface area contributed by atoms with Gasteiger partial charge in [-0.15, -0.1) is 0 Å². The number of hydrogen-bond donors (Lipinski definition) is 2. The zero-order chi connectivity index (χ0) is 13.8. The number of carbonyl (C=O) groups is 1. The highest BCUT2D eigenvalue weighted by Crippen LogP contribution is 2.20.